The molecule has 18 heavy (non-hydrogen) atoms. The maximum absolute atomic E-state index is 4.53. The molecule has 94 valence electrons. The van der Waals surface area contributed by atoms with Crippen LogP contribution in [0.15, 0.2) is 29.1 Å². The molecule has 3 rings (SSSR count). The highest BCUT2D eigenvalue weighted by Gasteiger charge is 2.27. The van der Waals surface area contributed by atoms with Crippen LogP contribution in [0.3, 0.4) is 0 Å². The van der Waals surface area contributed by atoms with E-state index in [0.29, 0.717) is 5.92 Å². The van der Waals surface area contributed by atoms with Gasteiger partial charge in [0.15, 0.2) is 0 Å². The number of halogens is 1. The van der Waals surface area contributed by atoms with E-state index in [1.165, 1.54) is 12.8 Å². The van der Waals surface area contributed by atoms with Crippen molar-refractivity contribution in [3.8, 4) is 0 Å². The van der Waals surface area contributed by atoms with Gasteiger partial charge in [-0.05, 0) is 34.8 Å². The molecule has 0 spiro atoms. The predicted molar refractivity (Wildman–Crippen MR) is 72.4 cm³/mol. The van der Waals surface area contributed by atoms with Gasteiger partial charge in [-0.15, -0.1) is 0 Å². The summed E-state index contributed by atoms with van der Waals surface area (Å²) >= 11 is 3.43. The molecule has 2 aromatic rings. The van der Waals surface area contributed by atoms with E-state index < -0.39 is 0 Å². The number of hydrogen-bond donors (Lipinski definition) is 1. The lowest BCUT2D eigenvalue weighted by Gasteiger charge is -2.07. The van der Waals surface area contributed by atoms with Crippen LogP contribution in [0.5, 0.6) is 0 Å². The van der Waals surface area contributed by atoms with E-state index >= 15 is 0 Å². The Morgan fingerprint density at radius 3 is 3.00 bits per heavy atom. The third-order valence-corrected chi connectivity index (χ3v) is 3.27. The fraction of sp³-hybridized carbons (Fsp3) is 0.417. The van der Waals surface area contributed by atoms with E-state index in [0.717, 1.165) is 29.3 Å². The van der Waals surface area contributed by atoms with E-state index in [1.807, 2.05) is 23.0 Å². The van der Waals surface area contributed by atoms with Gasteiger partial charge in [-0.25, -0.2) is 9.97 Å². The summed E-state index contributed by atoms with van der Waals surface area (Å²) in [5.41, 5.74) is 0. The summed E-state index contributed by atoms with van der Waals surface area (Å²) in [7, 11) is 0. The van der Waals surface area contributed by atoms with Crippen LogP contribution >= 0.6 is 15.9 Å². The van der Waals surface area contributed by atoms with Gasteiger partial charge in [0.1, 0.15) is 16.2 Å². The molecule has 1 aliphatic carbocycles. The summed E-state index contributed by atoms with van der Waals surface area (Å²) < 4.78 is 2.74. The van der Waals surface area contributed by atoms with Crippen molar-refractivity contribution in [2.75, 3.05) is 11.9 Å². The zero-order chi connectivity index (χ0) is 12.4. The summed E-state index contributed by atoms with van der Waals surface area (Å²) in [6.07, 6.45) is 6.16. The first-order valence-corrected chi connectivity index (χ1v) is 6.86. The number of nitrogens with one attached hydrogen (secondary N) is 1. The van der Waals surface area contributed by atoms with Gasteiger partial charge in [0.2, 0.25) is 0 Å². The third kappa shape index (κ3) is 2.87. The molecule has 1 aliphatic rings. The van der Waals surface area contributed by atoms with Gasteiger partial charge in [0.25, 0.3) is 0 Å². The van der Waals surface area contributed by atoms with Crippen LogP contribution in [0.2, 0.25) is 0 Å². The zero-order valence-corrected chi connectivity index (χ0v) is 11.5. The van der Waals surface area contributed by atoms with Crippen molar-refractivity contribution in [3.63, 3.8) is 0 Å². The highest BCUT2D eigenvalue weighted by Crippen LogP contribution is 2.38. The van der Waals surface area contributed by atoms with E-state index in [1.54, 1.807) is 6.20 Å². The minimum atomic E-state index is 0.564. The van der Waals surface area contributed by atoms with Crippen LogP contribution in [0, 0.1) is 0 Å². The van der Waals surface area contributed by atoms with Gasteiger partial charge in [-0.3, -0.25) is 4.68 Å². The van der Waals surface area contributed by atoms with E-state index in [4.69, 9.17) is 0 Å². The van der Waals surface area contributed by atoms with Gasteiger partial charge in [-0.1, -0.05) is 0 Å². The highest BCUT2D eigenvalue weighted by atomic mass is 79.9. The van der Waals surface area contributed by atoms with Crippen LogP contribution in [0.4, 0.5) is 5.82 Å². The van der Waals surface area contributed by atoms with E-state index in [2.05, 4.69) is 36.3 Å². The summed E-state index contributed by atoms with van der Waals surface area (Å²) in [6.45, 7) is 1.63. The Hall–Kier alpha value is -1.43. The van der Waals surface area contributed by atoms with Gasteiger partial charge >= 0.3 is 0 Å². The largest absolute Gasteiger partial charge is 0.368 e. The molecule has 0 saturated heterocycles. The lowest BCUT2D eigenvalue weighted by atomic mass is 10.4. The minimum absolute atomic E-state index is 0.564. The molecule has 1 N–H and O–H groups in total. The first kappa shape index (κ1) is 11.6. The first-order valence-electron chi connectivity index (χ1n) is 6.07. The normalized spacial score (nSPS) is 14.7. The van der Waals surface area contributed by atoms with Crippen molar-refractivity contribution in [1.29, 1.82) is 0 Å². The Morgan fingerprint density at radius 1 is 1.39 bits per heavy atom. The zero-order valence-electron chi connectivity index (χ0n) is 9.88. The number of aromatic nitrogens is 4. The van der Waals surface area contributed by atoms with Gasteiger partial charge < -0.3 is 5.32 Å². The molecule has 0 radical (unpaired) electrons. The number of nitrogens with zero attached hydrogens (tertiary/aromatic N) is 4. The Kier molecular flexibility index (Phi) is 3.27. The van der Waals surface area contributed by atoms with Crippen molar-refractivity contribution in [1.82, 2.24) is 19.7 Å². The maximum Gasteiger partial charge on any atom is 0.135 e. The highest BCUT2D eigenvalue weighted by molar-refractivity contribution is 9.10. The van der Waals surface area contributed by atoms with Crippen LogP contribution < -0.4 is 5.32 Å². The monoisotopic (exact) mass is 307 g/mol. The van der Waals surface area contributed by atoms with E-state index in [-0.39, 0.29) is 0 Å². The second-order valence-corrected chi connectivity index (χ2v) is 5.22. The SMILES string of the molecule is Brc1cc(NCCn2cccn2)nc(C2CC2)n1. The number of rotatable bonds is 5. The molecule has 0 amide bonds. The quantitative estimate of drug-likeness (QED) is 0.862. The lowest BCUT2D eigenvalue weighted by Crippen LogP contribution is -2.12. The summed E-state index contributed by atoms with van der Waals surface area (Å²) in [4.78, 5) is 8.93. The summed E-state index contributed by atoms with van der Waals surface area (Å²) in [5, 5.41) is 7.46. The molecule has 2 aromatic heterocycles. The molecule has 5 nitrogen and oxygen atoms in total. The van der Waals surface area contributed by atoms with Gasteiger partial charge in [-0.2, -0.15) is 5.10 Å². The maximum atomic E-state index is 4.53. The average molecular weight is 308 g/mol. The fourth-order valence-electron chi connectivity index (χ4n) is 1.78. The fourth-order valence-corrected chi connectivity index (χ4v) is 2.18. The number of anilines is 1. The van der Waals surface area contributed by atoms with Crippen molar-refractivity contribution >= 4 is 21.7 Å². The predicted octanol–water partition coefficient (Wildman–Crippen LogP) is 2.43. The molecule has 0 aromatic carbocycles. The van der Waals surface area contributed by atoms with Crippen molar-refractivity contribution in [2.45, 2.75) is 25.3 Å². The minimum Gasteiger partial charge on any atom is -0.368 e. The van der Waals surface area contributed by atoms with Crippen molar-refractivity contribution in [3.05, 3.63) is 35.0 Å². The first-order chi connectivity index (χ1) is 8.81. The molecular formula is C12H14BrN5. The van der Waals surface area contributed by atoms with E-state index in [9.17, 15) is 0 Å². The Bertz CT molecular complexity index is 521. The Balaban J connectivity index is 1.61. The Labute approximate surface area is 114 Å². The molecule has 0 atom stereocenters. The second-order valence-electron chi connectivity index (χ2n) is 4.40. The van der Waals surface area contributed by atoms with Crippen molar-refractivity contribution < 1.29 is 0 Å². The average Bonchev–Trinajstić information content (AvgIpc) is 3.08. The lowest BCUT2D eigenvalue weighted by molar-refractivity contribution is 0.636. The van der Waals surface area contributed by atoms with Gasteiger partial charge in [0, 0.05) is 30.9 Å². The summed E-state index contributed by atoms with van der Waals surface area (Å²) in [6, 6.07) is 3.83. The standard InChI is InChI=1S/C12H14BrN5/c13-10-8-11(17-12(16-10)9-2-3-9)14-5-7-18-6-1-4-15-18/h1,4,6,8-9H,2-3,5,7H2,(H,14,16,17). The molecule has 0 unspecified atom stereocenters. The molecule has 1 fully saturated rings. The molecular weight excluding hydrogens is 294 g/mol. The van der Waals surface area contributed by atoms with Crippen LogP contribution in [0.25, 0.3) is 0 Å². The molecule has 2 heterocycles. The Morgan fingerprint density at radius 2 is 2.28 bits per heavy atom. The third-order valence-electron chi connectivity index (χ3n) is 2.86. The van der Waals surface area contributed by atoms with Gasteiger partial charge in [0.05, 0.1) is 6.54 Å². The van der Waals surface area contributed by atoms with Crippen LogP contribution in [-0.4, -0.2) is 26.3 Å². The van der Waals surface area contributed by atoms with Crippen LogP contribution in [0.1, 0.15) is 24.6 Å². The molecule has 6 heteroatoms. The second kappa shape index (κ2) is 5.06. The number of hydrogen-bond acceptors (Lipinski definition) is 4. The molecule has 0 bridgehead atoms. The molecule has 0 aliphatic heterocycles. The topological polar surface area (TPSA) is 55.6 Å². The smallest absolute Gasteiger partial charge is 0.135 e. The summed E-state index contributed by atoms with van der Waals surface area (Å²) in [5.74, 6) is 2.39. The molecule has 1 saturated carbocycles. The van der Waals surface area contributed by atoms with Crippen LogP contribution in [-0.2, 0) is 6.54 Å². The van der Waals surface area contributed by atoms with Crippen molar-refractivity contribution in [2.24, 2.45) is 0 Å².